The van der Waals surface area contributed by atoms with Crippen LogP contribution >= 0.6 is 0 Å². The average Bonchev–Trinajstić information content (AvgIpc) is 2.36. The van der Waals surface area contributed by atoms with Crippen molar-refractivity contribution in [2.45, 2.75) is 38.5 Å². The summed E-state index contributed by atoms with van der Waals surface area (Å²) >= 11 is 0. The van der Waals surface area contributed by atoms with Crippen LogP contribution in [0.25, 0.3) is 6.08 Å². The van der Waals surface area contributed by atoms with Crippen LogP contribution in [0, 0.1) is 0 Å². The molecule has 2 atom stereocenters. The lowest BCUT2D eigenvalue weighted by atomic mass is 9.89. The minimum atomic E-state index is -0.498. The summed E-state index contributed by atoms with van der Waals surface area (Å²) in [5.74, 6) is 0. The van der Waals surface area contributed by atoms with Crippen LogP contribution in [0.5, 0.6) is 0 Å². The molecule has 0 heterocycles. The van der Waals surface area contributed by atoms with E-state index in [0.29, 0.717) is 0 Å². The zero-order chi connectivity index (χ0) is 15.6. The molecule has 1 aromatic rings. The Bertz CT molecular complexity index is 544. The molecule has 0 bridgehead atoms. The van der Waals surface area contributed by atoms with Gasteiger partial charge in [0, 0.05) is 0 Å². The Morgan fingerprint density at radius 2 is 1.90 bits per heavy atom. The number of fused-ring (bicyclic) bond motifs is 1. The van der Waals surface area contributed by atoms with Gasteiger partial charge in [-0.15, -0.1) is 0 Å². The fraction of sp³-hybridized carbons (Fsp3) is 0.471. The molecule has 1 aliphatic rings. The van der Waals surface area contributed by atoms with E-state index in [1.165, 1.54) is 0 Å². The number of carbonyl (C=O) groups is 1. The SMILES string of the molecule is CN(C)[C@H]1C=Cc2ccccc2[C@@H]1NC(=O)OC(C)(C)C. The monoisotopic (exact) mass is 288 g/mol. The number of hydrogen-bond donors (Lipinski definition) is 1. The number of nitrogens with zero attached hydrogens (tertiary/aromatic N) is 1. The molecule has 4 nitrogen and oxygen atoms in total. The molecule has 1 aliphatic carbocycles. The van der Waals surface area contributed by atoms with E-state index < -0.39 is 5.60 Å². The molecule has 0 radical (unpaired) electrons. The zero-order valence-electron chi connectivity index (χ0n) is 13.4. The second kappa shape index (κ2) is 5.90. The topological polar surface area (TPSA) is 41.6 Å². The average molecular weight is 288 g/mol. The highest BCUT2D eigenvalue weighted by atomic mass is 16.6. The highest BCUT2D eigenvalue weighted by molar-refractivity contribution is 5.70. The van der Waals surface area contributed by atoms with E-state index in [1.54, 1.807) is 0 Å². The van der Waals surface area contributed by atoms with Crippen LogP contribution in [0.15, 0.2) is 30.3 Å². The van der Waals surface area contributed by atoms with Gasteiger partial charge in [0.05, 0.1) is 12.1 Å². The summed E-state index contributed by atoms with van der Waals surface area (Å²) < 4.78 is 5.39. The summed E-state index contributed by atoms with van der Waals surface area (Å²) in [5, 5.41) is 3.01. The van der Waals surface area contributed by atoms with Gasteiger partial charge in [-0.05, 0) is 46.0 Å². The first-order valence-corrected chi connectivity index (χ1v) is 7.21. The second-order valence-corrected chi connectivity index (χ2v) is 6.57. The Kier molecular flexibility index (Phi) is 4.37. The van der Waals surface area contributed by atoms with Crippen LogP contribution in [0.4, 0.5) is 4.79 Å². The number of benzene rings is 1. The van der Waals surface area contributed by atoms with Gasteiger partial charge in [-0.25, -0.2) is 4.79 Å². The lowest BCUT2D eigenvalue weighted by molar-refractivity contribution is 0.0483. The number of alkyl carbamates (subject to hydrolysis) is 1. The van der Waals surface area contributed by atoms with E-state index in [1.807, 2.05) is 47.0 Å². The molecule has 0 aromatic heterocycles. The zero-order valence-corrected chi connectivity index (χ0v) is 13.4. The van der Waals surface area contributed by atoms with Crippen molar-refractivity contribution in [2.24, 2.45) is 0 Å². The molecular weight excluding hydrogens is 264 g/mol. The van der Waals surface area contributed by atoms with Crippen LogP contribution in [-0.4, -0.2) is 36.7 Å². The molecule has 1 N–H and O–H groups in total. The molecule has 0 saturated carbocycles. The predicted molar refractivity (Wildman–Crippen MR) is 85.1 cm³/mol. The number of likely N-dealkylation sites (N-methyl/N-ethyl adjacent to an activating group) is 1. The Balaban J connectivity index is 2.25. The predicted octanol–water partition coefficient (Wildman–Crippen LogP) is 3.21. The van der Waals surface area contributed by atoms with Crippen LogP contribution in [-0.2, 0) is 4.74 Å². The molecule has 0 fully saturated rings. The normalized spacial score (nSPS) is 21.0. The van der Waals surface area contributed by atoms with Crippen molar-refractivity contribution < 1.29 is 9.53 Å². The second-order valence-electron chi connectivity index (χ2n) is 6.57. The molecule has 114 valence electrons. The largest absolute Gasteiger partial charge is 0.444 e. The quantitative estimate of drug-likeness (QED) is 0.908. The Hall–Kier alpha value is -1.81. The van der Waals surface area contributed by atoms with Crippen molar-refractivity contribution in [3.05, 3.63) is 41.5 Å². The number of rotatable bonds is 2. The number of hydrogen-bond acceptors (Lipinski definition) is 3. The fourth-order valence-electron chi connectivity index (χ4n) is 2.51. The Morgan fingerprint density at radius 1 is 1.24 bits per heavy atom. The molecule has 1 amide bonds. The minimum Gasteiger partial charge on any atom is -0.444 e. The summed E-state index contributed by atoms with van der Waals surface area (Å²) in [6, 6.07) is 8.10. The van der Waals surface area contributed by atoms with Crippen LogP contribution in [0.2, 0.25) is 0 Å². The summed E-state index contributed by atoms with van der Waals surface area (Å²) in [4.78, 5) is 14.2. The number of carbonyl (C=O) groups excluding carboxylic acids is 1. The first-order chi connectivity index (χ1) is 9.78. The van der Waals surface area contributed by atoms with Gasteiger partial charge in [-0.2, -0.15) is 0 Å². The first-order valence-electron chi connectivity index (χ1n) is 7.21. The maximum atomic E-state index is 12.1. The van der Waals surface area contributed by atoms with Gasteiger partial charge >= 0.3 is 6.09 Å². The van der Waals surface area contributed by atoms with Gasteiger partial charge in [0.2, 0.25) is 0 Å². The van der Waals surface area contributed by atoms with Gasteiger partial charge in [0.25, 0.3) is 0 Å². The summed E-state index contributed by atoms with van der Waals surface area (Å²) in [6.45, 7) is 5.60. The third-order valence-corrected chi connectivity index (χ3v) is 3.41. The number of ether oxygens (including phenoxy) is 1. The van der Waals surface area contributed by atoms with Crippen molar-refractivity contribution >= 4 is 12.2 Å². The minimum absolute atomic E-state index is 0.104. The third-order valence-electron chi connectivity index (χ3n) is 3.41. The van der Waals surface area contributed by atoms with Crippen molar-refractivity contribution in [3.8, 4) is 0 Å². The van der Waals surface area contributed by atoms with Gasteiger partial charge in [-0.3, -0.25) is 0 Å². The van der Waals surface area contributed by atoms with E-state index in [9.17, 15) is 4.79 Å². The van der Waals surface area contributed by atoms with Crippen molar-refractivity contribution in [2.75, 3.05) is 14.1 Å². The lowest BCUT2D eigenvalue weighted by Gasteiger charge is -2.35. The maximum Gasteiger partial charge on any atom is 0.408 e. The van der Waals surface area contributed by atoms with E-state index in [4.69, 9.17) is 4.74 Å². The van der Waals surface area contributed by atoms with Crippen molar-refractivity contribution in [3.63, 3.8) is 0 Å². The maximum absolute atomic E-state index is 12.1. The van der Waals surface area contributed by atoms with E-state index in [-0.39, 0.29) is 18.2 Å². The van der Waals surface area contributed by atoms with Crippen molar-refractivity contribution in [1.29, 1.82) is 0 Å². The van der Waals surface area contributed by atoms with Crippen LogP contribution in [0.1, 0.15) is 37.9 Å². The molecular formula is C17H24N2O2. The Morgan fingerprint density at radius 3 is 2.52 bits per heavy atom. The number of amides is 1. The van der Waals surface area contributed by atoms with E-state index in [0.717, 1.165) is 11.1 Å². The highest BCUT2D eigenvalue weighted by Gasteiger charge is 2.30. The Labute approximate surface area is 126 Å². The van der Waals surface area contributed by atoms with Gasteiger partial charge in [0.1, 0.15) is 5.60 Å². The number of nitrogens with one attached hydrogen (secondary N) is 1. The van der Waals surface area contributed by atoms with Gasteiger partial charge in [0.15, 0.2) is 0 Å². The molecule has 1 aromatic carbocycles. The summed E-state index contributed by atoms with van der Waals surface area (Å²) in [7, 11) is 4.01. The van der Waals surface area contributed by atoms with Gasteiger partial charge in [-0.1, -0.05) is 36.4 Å². The summed E-state index contributed by atoms with van der Waals surface area (Å²) in [5.41, 5.74) is 1.75. The van der Waals surface area contributed by atoms with E-state index in [2.05, 4.69) is 34.5 Å². The first kappa shape index (κ1) is 15.6. The third kappa shape index (κ3) is 3.85. The van der Waals surface area contributed by atoms with E-state index >= 15 is 0 Å². The molecule has 0 spiro atoms. The van der Waals surface area contributed by atoms with Gasteiger partial charge < -0.3 is 15.0 Å². The highest BCUT2D eigenvalue weighted by Crippen LogP contribution is 2.30. The molecule has 0 aliphatic heterocycles. The van der Waals surface area contributed by atoms with Crippen LogP contribution < -0.4 is 5.32 Å². The molecule has 21 heavy (non-hydrogen) atoms. The summed E-state index contributed by atoms with van der Waals surface area (Å²) in [6.07, 6.45) is 3.84. The standard InChI is InChI=1S/C17H24N2O2/c1-17(2,3)21-16(20)18-15-13-9-7-6-8-12(13)10-11-14(15)19(4)5/h6-11,14-15H,1-5H3,(H,18,20)/t14-,15-/m0/s1. The van der Waals surface area contributed by atoms with Crippen LogP contribution in [0.3, 0.4) is 0 Å². The lowest BCUT2D eigenvalue weighted by Crippen LogP contribution is -2.45. The molecule has 2 rings (SSSR count). The fourth-order valence-corrected chi connectivity index (χ4v) is 2.51. The molecule has 0 unspecified atom stereocenters. The molecule has 0 saturated heterocycles. The molecule has 4 heteroatoms. The smallest absolute Gasteiger partial charge is 0.408 e. The van der Waals surface area contributed by atoms with Crippen molar-refractivity contribution in [1.82, 2.24) is 10.2 Å².